The number of aryl methyl sites for hydroxylation is 1. The minimum Gasteiger partial charge on any atom is -0.375 e. The number of carbonyl (C=O) groups is 1. The number of carbonyl (C=O) groups excluding carboxylic acids is 1. The molecule has 0 unspecified atom stereocenters. The number of aromatic nitrogens is 2. The summed E-state index contributed by atoms with van der Waals surface area (Å²) in [6.45, 7) is 9.55. The van der Waals surface area contributed by atoms with Crippen molar-refractivity contribution in [2.45, 2.75) is 45.4 Å². The standard InChI is InChI=1S/C15H24N4O2/c1-10(2)19-6-7-21-14-4-5-18(9-13(14)19)15(20)12-8-11(3)16-17-12/h8,10,13-14H,4-7,9H2,1-3H3,(H,16,17)/t13-,14-/m0/s1. The van der Waals surface area contributed by atoms with Gasteiger partial charge in [-0.3, -0.25) is 14.8 Å². The van der Waals surface area contributed by atoms with Crippen molar-refractivity contribution in [3.05, 3.63) is 17.5 Å². The molecule has 116 valence electrons. The van der Waals surface area contributed by atoms with Crippen molar-refractivity contribution in [3.8, 4) is 0 Å². The summed E-state index contributed by atoms with van der Waals surface area (Å²) in [6, 6.07) is 2.59. The number of hydrogen-bond acceptors (Lipinski definition) is 4. The van der Waals surface area contributed by atoms with Gasteiger partial charge in [0.2, 0.25) is 0 Å². The Hall–Kier alpha value is -1.40. The van der Waals surface area contributed by atoms with Gasteiger partial charge in [-0.15, -0.1) is 0 Å². The zero-order valence-electron chi connectivity index (χ0n) is 13.0. The fourth-order valence-electron chi connectivity index (χ4n) is 3.41. The molecule has 21 heavy (non-hydrogen) atoms. The monoisotopic (exact) mass is 292 g/mol. The van der Waals surface area contributed by atoms with Crippen molar-refractivity contribution in [1.29, 1.82) is 0 Å². The zero-order valence-corrected chi connectivity index (χ0v) is 13.0. The Balaban J connectivity index is 1.73. The molecule has 0 aliphatic carbocycles. The van der Waals surface area contributed by atoms with Gasteiger partial charge in [-0.25, -0.2) is 0 Å². The maximum absolute atomic E-state index is 12.5. The predicted octanol–water partition coefficient (Wildman–Crippen LogP) is 1.04. The normalized spacial score (nSPS) is 27.0. The van der Waals surface area contributed by atoms with E-state index >= 15 is 0 Å². The Bertz CT molecular complexity index is 514. The van der Waals surface area contributed by atoms with E-state index in [9.17, 15) is 4.79 Å². The fraction of sp³-hybridized carbons (Fsp3) is 0.733. The number of morpholine rings is 1. The van der Waals surface area contributed by atoms with Gasteiger partial charge in [0.05, 0.1) is 18.8 Å². The quantitative estimate of drug-likeness (QED) is 0.885. The van der Waals surface area contributed by atoms with E-state index in [-0.39, 0.29) is 12.0 Å². The van der Waals surface area contributed by atoms with E-state index in [0.29, 0.717) is 17.8 Å². The summed E-state index contributed by atoms with van der Waals surface area (Å²) in [6.07, 6.45) is 1.16. The van der Waals surface area contributed by atoms with Crippen LogP contribution in [0.25, 0.3) is 0 Å². The van der Waals surface area contributed by atoms with E-state index in [0.717, 1.165) is 38.4 Å². The lowest BCUT2D eigenvalue weighted by Crippen LogP contribution is -2.62. The fourth-order valence-corrected chi connectivity index (χ4v) is 3.41. The Morgan fingerprint density at radius 2 is 2.29 bits per heavy atom. The van der Waals surface area contributed by atoms with E-state index in [1.165, 1.54) is 0 Å². The van der Waals surface area contributed by atoms with Crippen molar-refractivity contribution >= 4 is 5.91 Å². The first-order chi connectivity index (χ1) is 10.1. The summed E-state index contributed by atoms with van der Waals surface area (Å²) in [5.74, 6) is 0.0204. The minimum atomic E-state index is 0.0204. The Morgan fingerprint density at radius 3 is 2.95 bits per heavy atom. The van der Waals surface area contributed by atoms with Crippen LogP contribution in [0.3, 0.4) is 0 Å². The topological polar surface area (TPSA) is 61.5 Å². The lowest BCUT2D eigenvalue weighted by atomic mass is 9.97. The first kappa shape index (κ1) is 14.5. The number of piperidine rings is 1. The molecule has 0 spiro atoms. The second kappa shape index (κ2) is 5.77. The van der Waals surface area contributed by atoms with Crippen LogP contribution < -0.4 is 0 Å². The Labute approximate surface area is 125 Å². The van der Waals surface area contributed by atoms with E-state index in [1.807, 2.05) is 17.9 Å². The van der Waals surface area contributed by atoms with Crippen molar-refractivity contribution < 1.29 is 9.53 Å². The van der Waals surface area contributed by atoms with Gasteiger partial charge in [0.1, 0.15) is 5.69 Å². The van der Waals surface area contributed by atoms with Gasteiger partial charge in [0.25, 0.3) is 5.91 Å². The number of fused-ring (bicyclic) bond motifs is 1. The van der Waals surface area contributed by atoms with Crippen LogP contribution in [0.15, 0.2) is 6.07 Å². The van der Waals surface area contributed by atoms with Gasteiger partial charge in [-0.1, -0.05) is 0 Å². The number of nitrogens with one attached hydrogen (secondary N) is 1. The number of rotatable bonds is 2. The van der Waals surface area contributed by atoms with E-state index in [1.54, 1.807) is 0 Å². The molecule has 3 heterocycles. The second-order valence-electron chi connectivity index (χ2n) is 6.28. The molecule has 0 radical (unpaired) electrons. The third-order valence-electron chi connectivity index (χ3n) is 4.50. The van der Waals surface area contributed by atoms with Crippen LogP contribution in [-0.2, 0) is 4.74 Å². The Kier molecular flexibility index (Phi) is 3.99. The molecule has 2 aliphatic rings. The van der Waals surface area contributed by atoms with Crippen LogP contribution in [-0.4, -0.2) is 70.3 Å². The van der Waals surface area contributed by atoms with Crippen molar-refractivity contribution in [1.82, 2.24) is 20.0 Å². The molecule has 1 aromatic heterocycles. The highest BCUT2D eigenvalue weighted by Gasteiger charge is 2.39. The van der Waals surface area contributed by atoms with Gasteiger partial charge in [-0.05, 0) is 33.3 Å². The highest BCUT2D eigenvalue weighted by atomic mass is 16.5. The third kappa shape index (κ3) is 2.82. The molecular formula is C15H24N4O2. The van der Waals surface area contributed by atoms with E-state index < -0.39 is 0 Å². The molecule has 1 amide bonds. The smallest absolute Gasteiger partial charge is 0.274 e. The number of H-pyrrole nitrogens is 1. The molecule has 1 N–H and O–H groups in total. The minimum absolute atomic E-state index is 0.0204. The number of aromatic amines is 1. The molecular weight excluding hydrogens is 268 g/mol. The second-order valence-corrected chi connectivity index (χ2v) is 6.28. The van der Waals surface area contributed by atoms with Gasteiger partial charge < -0.3 is 9.64 Å². The van der Waals surface area contributed by atoms with Crippen LogP contribution in [0.2, 0.25) is 0 Å². The van der Waals surface area contributed by atoms with Crippen LogP contribution >= 0.6 is 0 Å². The molecule has 0 aromatic carbocycles. The lowest BCUT2D eigenvalue weighted by Gasteiger charge is -2.48. The largest absolute Gasteiger partial charge is 0.375 e. The third-order valence-corrected chi connectivity index (χ3v) is 4.50. The molecule has 2 aliphatic heterocycles. The molecule has 2 saturated heterocycles. The molecule has 2 atom stereocenters. The zero-order chi connectivity index (χ0) is 15.0. The maximum Gasteiger partial charge on any atom is 0.274 e. The first-order valence-electron chi connectivity index (χ1n) is 7.75. The summed E-state index contributed by atoms with van der Waals surface area (Å²) in [5.41, 5.74) is 1.43. The number of likely N-dealkylation sites (tertiary alicyclic amines) is 1. The van der Waals surface area contributed by atoms with Crippen LogP contribution in [0, 0.1) is 6.92 Å². The number of ether oxygens (including phenoxy) is 1. The Morgan fingerprint density at radius 1 is 1.48 bits per heavy atom. The summed E-state index contributed by atoms with van der Waals surface area (Å²) >= 11 is 0. The predicted molar refractivity (Wildman–Crippen MR) is 79.2 cm³/mol. The summed E-state index contributed by atoms with van der Waals surface area (Å²) in [7, 11) is 0. The van der Waals surface area contributed by atoms with Gasteiger partial charge in [0, 0.05) is 31.4 Å². The maximum atomic E-state index is 12.5. The van der Waals surface area contributed by atoms with Crippen molar-refractivity contribution in [2.24, 2.45) is 0 Å². The molecule has 1 aromatic rings. The molecule has 6 heteroatoms. The van der Waals surface area contributed by atoms with Crippen molar-refractivity contribution in [2.75, 3.05) is 26.2 Å². The highest BCUT2D eigenvalue weighted by Crippen LogP contribution is 2.25. The van der Waals surface area contributed by atoms with E-state index in [2.05, 4.69) is 28.9 Å². The van der Waals surface area contributed by atoms with Crippen molar-refractivity contribution in [3.63, 3.8) is 0 Å². The molecule has 0 saturated carbocycles. The van der Waals surface area contributed by atoms with Gasteiger partial charge >= 0.3 is 0 Å². The highest BCUT2D eigenvalue weighted by molar-refractivity contribution is 5.92. The number of hydrogen-bond donors (Lipinski definition) is 1. The summed E-state index contributed by atoms with van der Waals surface area (Å²) < 4.78 is 5.90. The summed E-state index contributed by atoms with van der Waals surface area (Å²) in [5, 5.41) is 6.93. The van der Waals surface area contributed by atoms with Crippen LogP contribution in [0.1, 0.15) is 36.5 Å². The number of amides is 1. The lowest BCUT2D eigenvalue weighted by molar-refractivity contribution is -0.107. The van der Waals surface area contributed by atoms with Gasteiger partial charge in [0.15, 0.2) is 0 Å². The van der Waals surface area contributed by atoms with Crippen LogP contribution in [0.5, 0.6) is 0 Å². The van der Waals surface area contributed by atoms with Crippen LogP contribution in [0.4, 0.5) is 0 Å². The number of nitrogens with zero attached hydrogens (tertiary/aromatic N) is 3. The molecule has 0 bridgehead atoms. The molecule has 3 rings (SSSR count). The SMILES string of the molecule is Cc1cc(C(=O)N2CC[C@@H]3OCCN(C(C)C)[C@H]3C2)n[nH]1. The molecule has 2 fully saturated rings. The van der Waals surface area contributed by atoms with Gasteiger partial charge in [-0.2, -0.15) is 5.10 Å². The first-order valence-corrected chi connectivity index (χ1v) is 7.75. The average molecular weight is 292 g/mol. The molecule has 6 nitrogen and oxygen atoms in total. The van der Waals surface area contributed by atoms with E-state index in [4.69, 9.17) is 4.74 Å². The summed E-state index contributed by atoms with van der Waals surface area (Å²) in [4.78, 5) is 16.9. The average Bonchev–Trinajstić information content (AvgIpc) is 2.91.